The normalized spacial score (nSPS) is 21.6. The van der Waals surface area contributed by atoms with E-state index < -0.39 is 0 Å². The highest BCUT2D eigenvalue weighted by Gasteiger charge is 2.26. The zero-order chi connectivity index (χ0) is 11.4. The van der Waals surface area contributed by atoms with Gasteiger partial charge in [0.25, 0.3) is 0 Å². The van der Waals surface area contributed by atoms with Gasteiger partial charge in [-0.15, -0.1) is 12.3 Å². The SMILES string of the molecule is C#CCC1CCN(C(=O)OCC2CC2)CC1. The predicted octanol–water partition coefficient (Wildman–Crippen LogP) is 2.27. The molecule has 2 rings (SSSR count). The Balaban J connectivity index is 1.66. The second kappa shape index (κ2) is 5.25. The highest BCUT2D eigenvalue weighted by atomic mass is 16.6. The maximum absolute atomic E-state index is 11.7. The van der Waals surface area contributed by atoms with Crippen molar-refractivity contribution in [1.82, 2.24) is 4.90 Å². The van der Waals surface area contributed by atoms with E-state index in [-0.39, 0.29) is 6.09 Å². The fourth-order valence-electron chi connectivity index (χ4n) is 2.05. The molecule has 16 heavy (non-hydrogen) atoms. The second-order valence-corrected chi connectivity index (χ2v) is 4.86. The predicted molar refractivity (Wildman–Crippen MR) is 61.8 cm³/mol. The van der Waals surface area contributed by atoms with Gasteiger partial charge in [-0.3, -0.25) is 0 Å². The molecule has 88 valence electrons. The number of rotatable bonds is 3. The lowest BCUT2D eigenvalue weighted by Crippen LogP contribution is -2.39. The quantitative estimate of drug-likeness (QED) is 0.684. The first-order chi connectivity index (χ1) is 7.79. The number of ether oxygens (including phenoxy) is 1. The molecule has 0 radical (unpaired) electrons. The summed E-state index contributed by atoms with van der Waals surface area (Å²) in [5.41, 5.74) is 0. The Labute approximate surface area is 97.1 Å². The van der Waals surface area contributed by atoms with Crippen molar-refractivity contribution >= 4 is 6.09 Å². The second-order valence-electron chi connectivity index (χ2n) is 4.86. The van der Waals surface area contributed by atoms with Crippen LogP contribution in [-0.4, -0.2) is 30.7 Å². The minimum Gasteiger partial charge on any atom is -0.449 e. The molecule has 3 nitrogen and oxygen atoms in total. The van der Waals surface area contributed by atoms with Crippen molar-refractivity contribution in [2.45, 2.75) is 32.1 Å². The van der Waals surface area contributed by atoms with Crippen LogP contribution in [0.25, 0.3) is 0 Å². The first kappa shape index (κ1) is 11.3. The van der Waals surface area contributed by atoms with Crippen molar-refractivity contribution < 1.29 is 9.53 Å². The van der Waals surface area contributed by atoms with Gasteiger partial charge in [0.1, 0.15) is 0 Å². The standard InChI is InChI=1S/C13H19NO2/c1-2-3-11-6-8-14(9-7-11)13(15)16-10-12-4-5-12/h1,11-12H,3-10H2. The lowest BCUT2D eigenvalue weighted by molar-refractivity contribution is 0.0846. The van der Waals surface area contributed by atoms with E-state index >= 15 is 0 Å². The third kappa shape index (κ3) is 3.16. The summed E-state index contributed by atoms with van der Waals surface area (Å²) in [5, 5.41) is 0. The molecule has 1 saturated heterocycles. The Morgan fingerprint density at radius 3 is 2.50 bits per heavy atom. The number of likely N-dealkylation sites (tertiary alicyclic amines) is 1. The van der Waals surface area contributed by atoms with Gasteiger partial charge in [0.15, 0.2) is 0 Å². The summed E-state index contributed by atoms with van der Waals surface area (Å²) < 4.78 is 5.25. The number of carbonyl (C=O) groups is 1. The molecule has 1 amide bonds. The monoisotopic (exact) mass is 221 g/mol. The minimum absolute atomic E-state index is 0.133. The van der Waals surface area contributed by atoms with E-state index in [9.17, 15) is 4.79 Å². The van der Waals surface area contributed by atoms with Crippen LogP contribution < -0.4 is 0 Å². The maximum atomic E-state index is 11.7. The zero-order valence-corrected chi connectivity index (χ0v) is 9.65. The van der Waals surface area contributed by atoms with Crippen molar-refractivity contribution in [3.05, 3.63) is 0 Å². The highest BCUT2D eigenvalue weighted by Crippen LogP contribution is 2.29. The Morgan fingerprint density at radius 2 is 1.94 bits per heavy atom. The van der Waals surface area contributed by atoms with Gasteiger partial charge in [-0.25, -0.2) is 4.79 Å². The summed E-state index contributed by atoms with van der Waals surface area (Å²) in [6, 6.07) is 0. The number of piperidine rings is 1. The first-order valence-electron chi connectivity index (χ1n) is 6.14. The van der Waals surface area contributed by atoms with Gasteiger partial charge in [0, 0.05) is 19.5 Å². The first-order valence-corrected chi connectivity index (χ1v) is 6.14. The van der Waals surface area contributed by atoms with E-state index in [4.69, 9.17) is 11.2 Å². The molecule has 1 heterocycles. The van der Waals surface area contributed by atoms with E-state index in [1.54, 1.807) is 0 Å². The van der Waals surface area contributed by atoms with Gasteiger partial charge in [-0.2, -0.15) is 0 Å². The van der Waals surface area contributed by atoms with Gasteiger partial charge >= 0.3 is 6.09 Å². The number of terminal acetylenes is 1. The fraction of sp³-hybridized carbons (Fsp3) is 0.769. The summed E-state index contributed by atoms with van der Waals surface area (Å²) in [4.78, 5) is 13.5. The lowest BCUT2D eigenvalue weighted by atomic mass is 9.94. The molecule has 0 bridgehead atoms. The molecule has 1 saturated carbocycles. The summed E-state index contributed by atoms with van der Waals surface area (Å²) >= 11 is 0. The van der Waals surface area contributed by atoms with Crippen LogP contribution in [-0.2, 0) is 4.74 Å². The molecule has 0 aromatic heterocycles. The zero-order valence-electron chi connectivity index (χ0n) is 9.65. The Bertz CT molecular complexity index is 283. The minimum atomic E-state index is -0.133. The van der Waals surface area contributed by atoms with Crippen molar-refractivity contribution in [2.75, 3.05) is 19.7 Å². The van der Waals surface area contributed by atoms with Crippen LogP contribution in [0.15, 0.2) is 0 Å². The molecule has 2 aliphatic rings. The van der Waals surface area contributed by atoms with Crippen molar-refractivity contribution in [3.8, 4) is 12.3 Å². The summed E-state index contributed by atoms with van der Waals surface area (Å²) in [7, 11) is 0. The molecule has 1 aliphatic heterocycles. The van der Waals surface area contributed by atoms with Crippen molar-refractivity contribution in [1.29, 1.82) is 0 Å². The van der Waals surface area contributed by atoms with Crippen LogP contribution in [0.3, 0.4) is 0 Å². The Hall–Kier alpha value is -1.17. The molecule has 1 aliphatic carbocycles. The number of hydrogen-bond donors (Lipinski definition) is 0. The number of nitrogens with zero attached hydrogens (tertiary/aromatic N) is 1. The van der Waals surface area contributed by atoms with Gasteiger partial charge < -0.3 is 9.64 Å². The molecule has 0 N–H and O–H groups in total. The average Bonchev–Trinajstić information content (AvgIpc) is 3.11. The maximum Gasteiger partial charge on any atom is 0.409 e. The van der Waals surface area contributed by atoms with Gasteiger partial charge in [0.05, 0.1) is 6.61 Å². The number of carbonyl (C=O) groups excluding carboxylic acids is 1. The van der Waals surface area contributed by atoms with Gasteiger partial charge in [0.2, 0.25) is 0 Å². The van der Waals surface area contributed by atoms with E-state index in [1.807, 2.05) is 4.90 Å². The van der Waals surface area contributed by atoms with Crippen LogP contribution in [0.4, 0.5) is 4.79 Å². The lowest BCUT2D eigenvalue weighted by Gasteiger charge is -2.30. The highest BCUT2D eigenvalue weighted by molar-refractivity contribution is 5.67. The van der Waals surface area contributed by atoms with E-state index in [2.05, 4.69) is 5.92 Å². The van der Waals surface area contributed by atoms with Crippen LogP contribution in [0.1, 0.15) is 32.1 Å². The third-order valence-corrected chi connectivity index (χ3v) is 3.42. The smallest absolute Gasteiger partial charge is 0.409 e. The molecule has 0 aromatic carbocycles. The molecule has 0 atom stereocenters. The molecular formula is C13H19NO2. The topological polar surface area (TPSA) is 29.5 Å². The largest absolute Gasteiger partial charge is 0.449 e. The Morgan fingerprint density at radius 1 is 1.25 bits per heavy atom. The van der Waals surface area contributed by atoms with E-state index in [0.29, 0.717) is 18.4 Å². The molecule has 0 unspecified atom stereocenters. The number of amides is 1. The van der Waals surface area contributed by atoms with Crippen molar-refractivity contribution in [3.63, 3.8) is 0 Å². The summed E-state index contributed by atoms with van der Waals surface area (Å²) in [5.74, 6) is 3.93. The van der Waals surface area contributed by atoms with Crippen LogP contribution >= 0.6 is 0 Å². The van der Waals surface area contributed by atoms with Gasteiger partial charge in [-0.05, 0) is 37.5 Å². The van der Waals surface area contributed by atoms with Crippen LogP contribution in [0.2, 0.25) is 0 Å². The molecular weight excluding hydrogens is 202 g/mol. The average molecular weight is 221 g/mol. The van der Waals surface area contributed by atoms with E-state index in [0.717, 1.165) is 32.4 Å². The van der Waals surface area contributed by atoms with Crippen molar-refractivity contribution in [2.24, 2.45) is 11.8 Å². The number of hydrogen-bond acceptors (Lipinski definition) is 2. The van der Waals surface area contributed by atoms with E-state index in [1.165, 1.54) is 12.8 Å². The molecule has 0 aromatic rings. The summed E-state index contributed by atoms with van der Waals surface area (Å²) in [6.07, 6.45) is 10.5. The fourth-order valence-corrected chi connectivity index (χ4v) is 2.05. The molecule has 3 heteroatoms. The summed E-state index contributed by atoms with van der Waals surface area (Å²) in [6.45, 7) is 2.22. The van der Waals surface area contributed by atoms with Crippen LogP contribution in [0, 0.1) is 24.2 Å². The Kier molecular flexibility index (Phi) is 3.71. The van der Waals surface area contributed by atoms with Gasteiger partial charge in [-0.1, -0.05) is 0 Å². The molecule has 2 fully saturated rings. The molecule has 0 spiro atoms. The van der Waals surface area contributed by atoms with Crippen LogP contribution in [0.5, 0.6) is 0 Å². The third-order valence-electron chi connectivity index (χ3n) is 3.42.